The van der Waals surface area contributed by atoms with Gasteiger partial charge in [-0.15, -0.1) is 0 Å². The molecule has 4 nitrogen and oxygen atoms in total. The van der Waals surface area contributed by atoms with E-state index in [9.17, 15) is 14.0 Å². The van der Waals surface area contributed by atoms with Gasteiger partial charge in [0.05, 0.1) is 22.2 Å². The van der Waals surface area contributed by atoms with Crippen molar-refractivity contribution in [1.82, 2.24) is 10.2 Å². The number of carbonyl (C=O) groups is 2. The first kappa shape index (κ1) is 16.7. The molecule has 0 radical (unpaired) electrons. The van der Waals surface area contributed by atoms with Crippen molar-refractivity contribution < 1.29 is 14.0 Å². The van der Waals surface area contributed by atoms with Crippen molar-refractivity contribution in [2.24, 2.45) is 0 Å². The van der Waals surface area contributed by atoms with Gasteiger partial charge in [0, 0.05) is 13.1 Å². The van der Waals surface area contributed by atoms with E-state index in [1.807, 2.05) is 0 Å². The van der Waals surface area contributed by atoms with Gasteiger partial charge in [-0.05, 0) is 26.0 Å². The summed E-state index contributed by atoms with van der Waals surface area (Å²) in [5.74, 6) is -1.53. The van der Waals surface area contributed by atoms with Crippen LogP contribution in [0.25, 0.3) is 0 Å². The van der Waals surface area contributed by atoms with Crippen molar-refractivity contribution in [3.8, 4) is 0 Å². The number of hydrogen-bond donors (Lipinski definition) is 1. The van der Waals surface area contributed by atoms with Gasteiger partial charge in [0.25, 0.3) is 5.91 Å². The summed E-state index contributed by atoms with van der Waals surface area (Å²) >= 11 is 11.5. The van der Waals surface area contributed by atoms with Crippen LogP contribution < -0.4 is 5.32 Å². The third kappa shape index (κ3) is 4.08. The molecule has 0 saturated heterocycles. The van der Waals surface area contributed by atoms with Crippen LogP contribution >= 0.6 is 23.2 Å². The Morgan fingerprint density at radius 2 is 1.90 bits per heavy atom. The number of nitrogens with zero attached hydrogens (tertiary/aromatic N) is 1. The van der Waals surface area contributed by atoms with Crippen LogP contribution in [0.5, 0.6) is 0 Å². The van der Waals surface area contributed by atoms with E-state index in [1.165, 1.54) is 11.0 Å². The van der Waals surface area contributed by atoms with Gasteiger partial charge in [0.1, 0.15) is 5.82 Å². The molecule has 0 heterocycles. The number of likely N-dealkylation sites (N-methyl/N-ethyl adjacent to an activating group) is 2. The molecular weight excluding hydrogens is 306 g/mol. The van der Waals surface area contributed by atoms with Crippen LogP contribution in [-0.4, -0.2) is 36.3 Å². The molecule has 2 amide bonds. The van der Waals surface area contributed by atoms with Crippen molar-refractivity contribution in [3.05, 3.63) is 33.6 Å². The topological polar surface area (TPSA) is 49.4 Å². The van der Waals surface area contributed by atoms with Gasteiger partial charge >= 0.3 is 0 Å². The molecule has 0 unspecified atom stereocenters. The van der Waals surface area contributed by atoms with Crippen molar-refractivity contribution in [2.75, 3.05) is 19.6 Å². The lowest BCUT2D eigenvalue weighted by molar-refractivity contribution is -0.121. The van der Waals surface area contributed by atoms with Crippen molar-refractivity contribution in [2.45, 2.75) is 13.8 Å². The number of hydrogen-bond acceptors (Lipinski definition) is 2. The Morgan fingerprint density at radius 1 is 1.25 bits per heavy atom. The molecule has 0 aliphatic rings. The molecule has 20 heavy (non-hydrogen) atoms. The highest BCUT2D eigenvalue weighted by atomic mass is 35.5. The normalized spacial score (nSPS) is 10.2. The quantitative estimate of drug-likeness (QED) is 0.848. The van der Waals surface area contributed by atoms with Crippen molar-refractivity contribution in [3.63, 3.8) is 0 Å². The standard InChI is InChI=1S/C13H15Cl2FN2O2/c1-3-17-12(19)7-18(4-2)13(20)8-5-11(16)10(15)6-9(8)14/h5-6H,3-4,7H2,1-2H3,(H,17,19). The molecule has 0 aliphatic heterocycles. The van der Waals surface area contributed by atoms with E-state index in [1.54, 1.807) is 13.8 Å². The Morgan fingerprint density at radius 3 is 2.45 bits per heavy atom. The highest BCUT2D eigenvalue weighted by Gasteiger charge is 2.21. The zero-order chi connectivity index (χ0) is 15.3. The minimum absolute atomic E-state index is 0.0142. The van der Waals surface area contributed by atoms with E-state index in [0.717, 1.165) is 6.07 Å². The summed E-state index contributed by atoms with van der Waals surface area (Å²) in [6.45, 7) is 4.17. The molecule has 1 N–H and O–H groups in total. The van der Waals surface area contributed by atoms with E-state index in [0.29, 0.717) is 13.1 Å². The van der Waals surface area contributed by atoms with Crippen LogP contribution in [0.1, 0.15) is 24.2 Å². The number of carbonyl (C=O) groups excluding carboxylic acids is 2. The van der Waals surface area contributed by atoms with Gasteiger partial charge in [-0.1, -0.05) is 23.2 Å². The molecular formula is C13H15Cl2FN2O2. The Hall–Kier alpha value is -1.33. The van der Waals surface area contributed by atoms with Crippen LogP contribution in [0.3, 0.4) is 0 Å². The molecule has 0 bridgehead atoms. The van der Waals surface area contributed by atoms with Gasteiger partial charge in [0.2, 0.25) is 5.91 Å². The Labute approximate surface area is 126 Å². The van der Waals surface area contributed by atoms with Crippen LogP contribution in [0.15, 0.2) is 12.1 Å². The van der Waals surface area contributed by atoms with Crippen molar-refractivity contribution in [1.29, 1.82) is 0 Å². The smallest absolute Gasteiger partial charge is 0.255 e. The fourth-order valence-electron chi connectivity index (χ4n) is 1.61. The fraction of sp³-hybridized carbons (Fsp3) is 0.385. The molecule has 0 spiro atoms. The van der Waals surface area contributed by atoms with Crippen LogP contribution in [0.2, 0.25) is 10.0 Å². The molecule has 7 heteroatoms. The maximum absolute atomic E-state index is 13.4. The SMILES string of the molecule is CCNC(=O)CN(CC)C(=O)c1cc(F)c(Cl)cc1Cl. The van der Waals surface area contributed by atoms with Gasteiger partial charge in [-0.2, -0.15) is 0 Å². The predicted molar refractivity (Wildman–Crippen MR) is 76.7 cm³/mol. The van der Waals surface area contributed by atoms with Gasteiger partial charge in [-0.25, -0.2) is 4.39 Å². The summed E-state index contributed by atoms with van der Waals surface area (Å²) < 4.78 is 13.4. The van der Waals surface area contributed by atoms with E-state index in [-0.39, 0.29) is 28.1 Å². The van der Waals surface area contributed by atoms with E-state index >= 15 is 0 Å². The highest BCUT2D eigenvalue weighted by Crippen LogP contribution is 2.25. The first-order valence-electron chi connectivity index (χ1n) is 6.11. The Kier molecular flexibility index (Phi) is 6.23. The minimum Gasteiger partial charge on any atom is -0.355 e. The number of nitrogens with one attached hydrogen (secondary N) is 1. The summed E-state index contributed by atoms with van der Waals surface area (Å²) in [5, 5.41) is 2.49. The first-order chi connectivity index (χ1) is 9.40. The van der Waals surface area contributed by atoms with Gasteiger partial charge < -0.3 is 10.2 Å². The van der Waals surface area contributed by atoms with Gasteiger partial charge in [-0.3, -0.25) is 9.59 Å². The minimum atomic E-state index is -0.728. The molecule has 0 aromatic heterocycles. The number of amides is 2. The number of benzene rings is 1. The summed E-state index contributed by atoms with van der Waals surface area (Å²) in [6, 6.07) is 2.15. The molecule has 1 aromatic rings. The summed E-state index contributed by atoms with van der Waals surface area (Å²) in [5.41, 5.74) is -0.0142. The third-order valence-corrected chi connectivity index (χ3v) is 3.22. The predicted octanol–water partition coefficient (Wildman–Crippen LogP) is 2.73. The monoisotopic (exact) mass is 320 g/mol. The second-order valence-corrected chi connectivity index (χ2v) is 4.83. The highest BCUT2D eigenvalue weighted by molar-refractivity contribution is 6.36. The molecule has 0 saturated carbocycles. The maximum atomic E-state index is 13.4. The Bertz CT molecular complexity index is 523. The lowest BCUT2D eigenvalue weighted by Gasteiger charge is -2.21. The van der Waals surface area contributed by atoms with Crippen molar-refractivity contribution >= 4 is 35.0 Å². The van der Waals surface area contributed by atoms with Gasteiger partial charge in [0.15, 0.2) is 0 Å². The molecule has 110 valence electrons. The van der Waals surface area contributed by atoms with Crippen LogP contribution in [-0.2, 0) is 4.79 Å². The summed E-state index contributed by atoms with van der Waals surface area (Å²) in [6.07, 6.45) is 0. The maximum Gasteiger partial charge on any atom is 0.255 e. The molecule has 0 atom stereocenters. The largest absolute Gasteiger partial charge is 0.355 e. The average molecular weight is 321 g/mol. The zero-order valence-corrected chi connectivity index (χ0v) is 12.7. The fourth-order valence-corrected chi connectivity index (χ4v) is 2.07. The second-order valence-electron chi connectivity index (χ2n) is 4.02. The molecule has 0 fully saturated rings. The molecule has 1 rings (SSSR count). The number of halogens is 3. The second kappa shape index (κ2) is 7.45. The molecule has 0 aliphatic carbocycles. The van der Waals surface area contributed by atoms with E-state index in [2.05, 4.69) is 5.32 Å². The summed E-state index contributed by atoms with van der Waals surface area (Å²) in [4.78, 5) is 25.1. The van der Waals surface area contributed by atoms with Crippen LogP contribution in [0, 0.1) is 5.82 Å². The molecule has 1 aromatic carbocycles. The lowest BCUT2D eigenvalue weighted by atomic mass is 10.2. The zero-order valence-electron chi connectivity index (χ0n) is 11.2. The summed E-state index contributed by atoms with van der Waals surface area (Å²) in [7, 11) is 0. The van der Waals surface area contributed by atoms with E-state index < -0.39 is 11.7 Å². The number of rotatable bonds is 5. The van der Waals surface area contributed by atoms with Crippen LogP contribution in [0.4, 0.5) is 4.39 Å². The first-order valence-corrected chi connectivity index (χ1v) is 6.86. The Balaban J connectivity index is 2.97. The third-order valence-electron chi connectivity index (χ3n) is 2.62. The van der Waals surface area contributed by atoms with E-state index in [4.69, 9.17) is 23.2 Å². The lowest BCUT2D eigenvalue weighted by Crippen LogP contribution is -2.40. The average Bonchev–Trinajstić information content (AvgIpc) is 2.39.